The van der Waals surface area contributed by atoms with Gasteiger partial charge >= 0.3 is 5.97 Å². The van der Waals surface area contributed by atoms with E-state index in [-0.39, 0.29) is 24.0 Å². The lowest BCUT2D eigenvalue weighted by atomic mass is 9.79. The molecule has 0 N–H and O–H groups in total. The quantitative estimate of drug-likeness (QED) is 0.737. The number of rotatable bonds is 3. The molecule has 2 rings (SSSR count). The molecular weight excluding hydrogens is 242 g/mol. The summed E-state index contributed by atoms with van der Waals surface area (Å²) in [5.74, 6) is 1.36. The smallest absolute Gasteiger partial charge is 0.328 e. The lowest BCUT2D eigenvalue weighted by molar-refractivity contribution is -0.151. The lowest BCUT2D eigenvalue weighted by Crippen LogP contribution is -2.47. The third-order valence-electron chi connectivity index (χ3n) is 4.81. The van der Waals surface area contributed by atoms with Crippen LogP contribution in [0.2, 0.25) is 0 Å². The first-order chi connectivity index (χ1) is 9.04. The summed E-state index contributed by atoms with van der Waals surface area (Å²) in [6.45, 7) is 4.53. The van der Waals surface area contributed by atoms with E-state index in [1.165, 1.54) is 20.0 Å². The fraction of sp³-hybridized carbons (Fsp3) is 0.867. The van der Waals surface area contributed by atoms with Crippen LogP contribution in [0.4, 0.5) is 0 Å². The third kappa shape index (κ3) is 2.93. The highest BCUT2D eigenvalue weighted by molar-refractivity contribution is 5.88. The molecule has 1 saturated heterocycles. The molecule has 0 aromatic carbocycles. The Labute approximate surface area is 115 Å². The van der Waals surface area contributed by atoms with Crippen LogP contribution in [-0.2, 0) is 14.3 Å². The molecule has 1 heterocycles. The Hall–Kier alpha value is -1.06. The summed E-state index contributed by atoms with van der Waals surface area (Å²) in [5, 5.41) is 0. The predicted octanol–water partition coefficient (Wildman–Crippen LogP) is 2.37. The molecule has 19 heavy (non-hydrogen) atoms. The van der Waals surface area contributed by atoms with Gasteiger partial charge in [-0.2, -0.15) is 0 Å². The average molecular weight is 267 g/mol. The van der Waals surface area contributed by atoms with Crippen molar-refractivity contribution < 1.29 is 14.3 Å². The summed E-state index contributed by atoms with van der Waals surface area (Å²) in [5.41, 5.74) is 0. The second kappa shape index (κ2) is 5.93. The maximum absolute atomic E-state index is 12.0. The molecule has 0 aromatic rings. The number of hydrogen-bond acceptors (Lipinski definition) is 3. The molecule has 1 amide bonds. The van der Waals surface area contributed by atoms with Crippen molar-refractivity contribution in [1.29, 1.82) is 0 Å². The Morgan fingerprint density at radius 3 is 2.37 bits per heavy atom. The molecule has 2 aliphatic rings. The fourth-order valence-electron chi connectivity index (χ4n) is 3.57. The van der Waals surface area contributed by atoms with Gasteiger partial charge < -0.3 is 9.64 Å². The first-order valence-corrected chi connectivity index (χ1v) is 7.43. The monoisotopic (exact) mass is 267 g/mol. The number of methoxy groups -OCH3 is 1. The molecule has 108 valence electrons. The minimum absolute atomic E-state index is 0.128. The molecule has 2 fully saturated rings. The maximum Gasteiger partial charge on any atom is 0.328 e. The minimum Gasteiger partial charge on any atom is -0.467 e. The van der Waals surface area contributed by atoms with E-state index in [9.17, 15) is 9.59 Å². The number of carbonyl (C=O) groups is 2. The fourth-order valence-corrected chi connectivity index (χ4v) is 3.57. The molecule has 1 unspecified atom stereocenters. The third-order valence-corrected chi connectivity index (χ3v) is 4.81. The first-order valence-electron chi connectivity index (χ1n) is 7.43. The van der Waals surface area contributed by atoms with Crippen LogP contribution in [0.25, 0.3) is 0 Å². The van der Waals surface area contributed by atoms with Crippen molar-refractivity contribution in [1.82, 2.24) is 4.90 Å². The van der Waals surface area contributed by atoms with Gasteiger partial charge in [0.05, 0.1) is 7.11 Å². The zero-order chi connectivity index (χ0) is 14.0. The van der Waals surface area contributed by atoms with E-state index in [4.69, 9.17) is 4.74 Å². The van der Waals surface area contributed by atoms with Crippen LogP contribution >= 0.6 is 0 Å². The SMILES string of the molecule is COC(=O)C1CCC(=O)N1C1CCC(C(C)C)CC1. The zero-order valence-corrected chi connectivity index (χ0v) is 12.2. The molecule has 1 aliphatic heterocycles. The highest BCUT2D eigenvalue weighted by atomic mass is 16.5. The first kappa shape index (κ1) is 14.4. The number of likely N-dealkylation sites (tertiary alicyclic amines) is 1. The van der Waals surface area contributed by atoms with E-state index in [0.29, 0.717) is 18.8 Å². The minimum atomic E-state index is -0.335. The Kier molecular flexibility index (Phi) is 4.48. The van der Waals surface area contributed by atoms with Crippen LogP contribution in [0.15, 0.2) is 0 Å². The number of esters is 1. The van der Waals surface area contributed by atoms with E-state index in [1.54, 1.807) is 0 Å². The zero-order valence-electron chi connectivity index (χ0n) is 12.2. The molecule has 0 aromatic heterocycles. The summed E-state index contributed by atoms with van der Waals surface area (Å²) in [6, 6.07) is -0.0906. The van der Waals surface area contributed by atoms with Crippen LogP contribution in [0.3, 0.4) is 0 Å². The maximum atomic E-state index is 12.0. The second-order valence-corrected chi connectivity index (χ2v) is 6.19. The molecule has 4 heteroatoms. The van der Waals surface area contributed by atoms with Crippen LogP contribution in [0.1, 0.15) is 52.4 Å². The summed E-state index contributed by atoms with van der Waals surface area (Å²) >= 11 is 0. The largest absolute Gasteiger partial charge is 0.467 e. The van der Waals surface area contributed by atoms with Crippen LogP contribution < -0.4 is 0 Å². The van der Waals surface area contributed by atoms with Gasteiger partial charge in [-0.1, -0.05) is 13.8 Å². The van der Waals surface area contributed by atoms with Crippen molar-refractivity contribution >= 4 is 11.9 Å². The van der Waals surface area contributed by atoms with Gasteiger partial charge in [0, 0.05) is 12.5 Å². The van der Waals surface area contributed by atoms with Crippen LogP contribution in [0.5, 0.6) is 0 Å². The normalized spacial score (nSPS) is 31.9. The Bertz CT molecular complexity index is 345. The Morgan fingerprint density at radius 2 is 1.84 bits per heavy atom. The van der Waals surface area contributed by atoms with Crippen molar-refractivity contribution in [3.63, 3.8) is 0 Å². The predicted molar refractivity (Wildman–Crippen MR) is 72.5 cm³/mol. The van der Waals surface area contributed by atoms with Crippen molar-refractivity contribution in [3.05, 3.63) is 0 Å². The molecule has 4 nitrogen and oxygen atoms in total. The van der Waals surface area contributed by atoms with Gasteiger partial charge in [0.1, 0.15) is 6.04 Å². The number of carbonyl (C=O) groups excluding carboxylic acids is 2. The van der Waals surface area contributed by atoms with E-state index >= 15 is 0 Å². The number of hydrogen-bond donors (Lipinski definition) is 0. The number of ether oxygens (including phenoxy) is 1. The molecular formula is C15H25NO3. The van der Waals surface area contributed by atoms with Crippen LogP contribution in [-0.4, -0.2) is 36.0 Å². The molecule has 1 atom stereocenters. The van der Waals surface area contributed by atoms with Gasteiger partial charge in [-0.25, -0.2) is 4.79 Å². The summed E-state index contributed by atoms with van der Waals surface area (Å²) < 4.78 is 4.83. The highest BCUT2D eigenvalue weighted by Gasteiger charge is 2.42. The number of nitrogens with zero attached hydrogens (tertiary/aromatic N) is 1. The molecule has 1 aliphatic carbocycles. The van der Waals surface area contributed by atoms with Gasteiger partial charge in [-0.3, -0.25) is 4.79 Å². The van der Waals surface area contributed by atoms with Gasteiger partial charge in [-0.05, 0) is 43.9 Å². The average Bonchev–Trinajstić information content (AvgIpc) is 2.80. The van der Waals surface area contributed by atoms with E-state index in [2.05, 4.69) is 13.8 Å². The molecule has 0 spiro atoms. The molecule has 1 saturated carbocycles. The van der Waals surface area contributed by atoms with E-state index in [0.717, 1.165) is 18.8 Å². The summed E-state index contributed by atoms with van der Waals surface area (Å²) in [4.78, 5) is 25.6. The summed E-state index contributed by atoms with van der Waals surface area (Å²) in [7, 11) is 1.40. The Morgan fingerprint density at radius 1 is 1.21 bits per heavy atom. The second-order valence-electron chi connectivity index (χ2n) is 6.19. The van der Waals surface area contributed by atoms with E-state index in [1.807, 2.05) is 4.90 Å². The topological polar surface area (TPSA) is 46.6 Å². The van der Waals surface area contributed by atoms with E-state index < -0.39 is 0 Å². The highest BCUT2D eigenvalue weighted by Crippen LogP contribution is 2.35. The molecule has 0 radical (unpaired) electrons. The lowest BCUT2D eigenvalue weighted by Gasteiger charge is -2.38. The van der Waals surface area contributed by atoms with Gasteiger partial charge in [-0.15, -0.1) is 0 Å². The Balaban J connectivity index is 2.00. The summed E-state index contributed by atoms with van der Waals surface area (Å²) in [6.07, 6.45) is 5.50. The number of amides is 1. The van der Waals surface area contributed by atoms with Gasteiger partial charge in [0.15, 0.2) is 0 Å². The van der Waals surface area contributed by atoms with Crippen molar-refractivity contribution in [2.45, 2.75) is 64.5 Å². The van der Waals surface area contributed by atoms with Gasteiger partial charge in [0.2, 0.25) is 5.91 Å². The van der Waals surface area contributed by atoms with Crippen molar-refractivity contribution in [3.8, 4) is 0 Å². The van der Waals surface area contributed by atoms with Crippen molar-refractivity contribution in [2.75, 3.05) is 7.11 Å². The standard InChI is InChI=1S/C15H25NO3/c1-10(2)11-4-6-12(7-5-11)16-13(15(18)19-3)8-9-14(16)17/h10-13H,4-9H2,1-3H3. The molecule has 0 bridgehead atoms. The van der Waals surface area contributed by atoms with Crippen molar-refractivity contribution in [2.24, 2.45) is 11.8 Å². The van der Waals surface area contributed by atoms with Crippen LogP contribution in [0, 0.1) is 11.8 Å². The van der Waals surface area contributed by atoms with Gasteiger partial charge in [0.25, 0.3) is 0 Å².